The third-order valence-corrected chi connectivity index (χ3v) is 5.71. The van der Waals surface area contributed by atoms with E-state index in [0.717, 1.165) is 29.4 Å². The van der Waals surface area contributed by atoms with E-state index in [0.29, 0.717) is 0 Å². The van der Waals surface area contributed by atoms with Crippen molar-refractivity contribution in [3.63, 3.8) is 0 Å². The second-order valence-electron chi connectivity index (χ2n) is 6.90. The number of rotatable bonds is 3. The molecule has 1 aromatic rings. The molecule has 4 atom stereocenters. The number of methoxy groups -OCH3 is 1. The van der Waals surface area contributed by atoms with E-state index in [9.17, 15) is 0 Å². The molecule has 0 saturated heterocycles. The van der Waals surface area contributed by atoms with E-state index in [-0.39, 0.29) is 0 Å². The maximum absolute atomic E-state index is 5.27. The standard InChI is InChI=1S/C20H28O/c1-3-4-15-5-6-19-14-18(8-7-17(19)13-15)16-9-11-20(21-2)12-10-16/h3-4,9-12,15,17-19H,5-8,13-14H2,1-2H3/t15-,17-,18?,19-/m1/s1. The van der Waals surface area contributed by atoms with Crippen molar-refractivity contribution in [2.45, 2.75) is 51.4 Å². The van der Waals surface area contributed by atoms with Gasteiger partial charge in [0.15, 0.2) is 0 Å². The average Bonchev–Trinajstić information content (AvgIpc) is 2.55. The number of allylic oxidation sites excluding steroid dienone is 2. The lowest BCUT2D eigenvalue weighted by molar-refractivity contribution is 0.133. The van der Waals surface area contributed by atoms with E-state index in [1.54, 1.807) is 7.11 Å². The predicted molar refractivity (Wildman–Crippen MR) is 88.7 cm³/mol. The Bertz CT molecular complexity index is 473. The lowest BCUT2D eigenvalue weighted by Gasteiger charge is -2.41. The molecule has 0 aromatic heterocycles. The summed E-state index contributed by atoms with van der Waals surface area (Å²) in [6.45, 7) is 2.16. The van der Waals surface area contributed by atoms with Gasteiger partial charge in [0.25, 0.3) is 0 Å². The summed E-state index contributed by atoms with van der Waals surface area (Å²) in [5.41, 5.74) is 1.52. The van der Waals surface area contributed by atoms with Crippen LogP contribution in [0.25, 0.3) is 0 Å². The van der Waals surface area contributed by atoms with E-state index in [2.05, 4.69) is 43.3 Å². The second kappa shape index (κ2) is 6.68. The van der Waals surface area contributed by atoms with Crippen molar-refractivity contribution in [2.24, 2.45) is 17.8 Å². The zero-order valence-electron chi connectivity index (χ0n) is 13.4. The minimum absolute atomic E-state index is 0.774. The fraction of sp³-hybridized carbons (Fsp3) is 0.600. The van der Waals surface area contributed by atoms with Crippen molar-refractivity contribution in [3.05, 3.63) is 42.0 Å². The first-order valence-corrected chi connectivity index (χ1v) is 8.57. The topological polar surface area (TPSA) is 9.23 Å². The molecule has 21 heavy (non-hydrogen) atoms. The van der Waals surface area contributed by atoms with Crippen LogP contribution >= 0.6 is 0 Å². The first-order valence-electron chi connectivity index (χ1n) is 8.57. The van der Waals surface area contributed by atoms with Crippen molar-refractivity contribution in [1.29, 1.82) is 0 Å². The summed E-state index contributed by atoms with van der Waals surface area (Å²) in [5.74, 6) is 4.55. The maximum Gasteiger partial charge on any atom is 0.118 e. The Labute approximate surface area is 129 Å². The lowest BCUT2D eigenvalue weighted by atomic mass is 9.64. The SMILES string of the molecule is CC=C[C@@H]1CC[C@@H]2CC(c3ccc(OC)cc3)CC[C@@H]2C1. The molecule has 2 aliphatic carbocycles. The highest BCUT2D eigenvalue weighted by atomic mass is 16.5. The maximum atomic E-state index is 5.27. The van der Waals surface area contributed by atoms with Crippen LogP contribution in [0, 0.1) is 17.8 Å². The molecule has 1 heteroatoms. The van der Waals surface area contributed by atoms with Gasteiger partial charge in [0, 0.05) is 0 Å². The Kier molecular flexibility index (Phi) is 4.67. The first kappa shape index (κ1) is 14.7. The highest BCUT2D eigenvalue weighted by molar-refractivity contribution is 5.29. The monoisotopic (exact) mass is 284 g/mol. The van der Waals surface area contributed by atoms with E-state index in [4.69, 9.17) is 4.74 Å². The van der Waals surface area contributed by atoms with Gasteiger partial charge in [-0.3, -0.25) is 0 Å². The minimum atomic E-state index is 0.774. The van der Waals surface area contributed by atoms with Crippen LogP contribution in [0.15, 0.2) is 36.4 Å². The molecular formula is C20H28O. The third-order valence-electron chi connectivity index (χ3n) is 5.71. The van der Waals surface area contributed by atoms with Crippen LogP contribution in [-0.4, -0.2) is 7.11 Å². The van der Waals surface area contributed by atoms with Gasteiger partial charge in [-0.1, -0.05) is 24.3 Å². The van der Waals surface area contributed by atoms with Gasteiger partial charge in [-0.2, -0.15) is 0 Å². The molecule has 0 amide bonds. The molecule has 0 bridgehead atoms. The molecule has 114 valence electrons. The molecule has 1 nitrogen and oxygen atoms in total. The molecule has 2 fully saturated rings. The van der Waals surface area contributed by atoms with E-state index >= 15 is 0 Å². The van der Waals surface area contributed by atoms with Gasteiger partial charge in [0.1, 0.15) is 5.75 Å². The summed E-state index contributed by atoms with van der Waals surface area (Å²) < 4.78 is 5.27. The number of hydrogen-bond donors (Lipinski definition) is 0. The average molecular weight is 284 g/mol. The normalized spacial score (nSPS) is 32.9. The van der Waals surface area contributed by atoms with Gasteiger partial charge in [-0.15, -0.1) is 0 Å². The molecule has 0 spiro atoms. The van der Waals surface area contributed by atoms with Crippen LogP contribution in [0.3, 0.4) is 0 Å². The Morgan fingerprint density at radius 1 is 0.952 bits per heavy atom. The fourth-order valence-electron chi connectivity index (χ4n) is 4.55. The van der Waals surface area contributed by atoms with Gasteiger partial charge < -0.3 is 4.74 Å². The quantitative estimate of drug-likeness (QED) is 0.659. The molecule has 1 unspecified atom stereocenters. The number of benzene rings is 1. The van der Waals surface area contributed by atoms with Crippen LogP contribution in [0.1, 0.15) is 56.9 Å². The van der Waals surface area contributed by atoms with Crippen molar-refractivity contribution in [1.82, 2.24) is 0 Å². The molecule has 0 N–H and O–H groups in total. The largest absolute Gasteiger partial charge is 0.497 e. The highest BCUT2D eigenvalue weighted by Crippen LogP contribution is 2.47. The molecular weight excluding hydrogens is 256 g/mol. The van der Waals surface area contributed by atoms with Crippen molar-refractivity contribution in [3.8, 4) is 5.75 Å². The van der Waals surface area contributed by atoms with Crippen LogP contribution in [0.5, 0.6) is 5.75 Å². The predicted octanol–water partition coefficient (Wildman–Crippen LogP) is 5.57. The summed E-state index contributed by atoms with van der Waals surface area (Å²) in [5, 5.41) is 0. The highest BCUT2D eigenvalue weighted by Gasteiger charge is 2.35. The molecule has 2 saturated carbocycles. The van der Waals surface area contributed by atoms with Gasteiger partial charge >= 0.3 is 0 Å². The van der Waals surface area contributed by atoms with Crippen molar-refractivity contribution in [2.75, 3.05) is 7.11 Å². The van der Waals surface area contributed by atoms with Crippen molar-refractivity contribution >= 4 is 0 Å². The summed E-state index contributed by atoms with van der Waals surface area (Å²) in [6.07, 6.45) is 13.2. The van der Waals surface area contributed by atoms with E-state index in [1.807, 2.05) is 0 Å². The number of fused-ring (bicyclic) bond motifs is 1. The van der Waals surface area contributed by atoms with Gasteiger partial charge in [-0.25, -0.2) is 0 Å². The van der Waals surface area contributed by atoms with Crippen LogP contribution in [0.4, 0.5) is 0 Å². The smallest absolute Gasteiger partial charge is 0.118 e. The molecule has 1 aromatic carbocycles. The Morgan fingerprint density at radius 2 is 1.67 bits per heavy atom. The van der Waals surface area contributed by atoms with E-state index in [1.165, 1.54) is 44.1 Å². The van der Waals surface area contributed by atoms with Crippen molar-refractivity contribution < 1.29 is 4.74 Å². The molecule has 0 aliphatic heterocycles. The summed E-state index contributed by atoms with van der Waals surface area (Å²) in [4.78, 5) is 0. The third kappa shape index (κ3) is 3.33. The Hall–Kier alpha value is -1.24. The molecule has 2 aliphatic rings. The molecule has 3 rings (SSSR count). The minimum Gasteiger partial charge on any atom is -0.497 e. The van der Waals surface area contributed by atoms with Gasteiger partial charge in [0.05, 0.1) is 7.11 Å². The molecule has 0 heterocycles. The van der Waals surface area contributed by atoms with E-state index < -0.39 is 0 Å². The second-order valence-corrected chi connectivity index (χ2v) is 6.90. The van der Waals surface area contributed by atoms with Gasteiger partial charge in [-0.05, 0) is 86.8 Å². The number of ether oxygens (including phenoxy) is 1. The van der Waals surface area contributed by atoms with Crippen LogP contribution in [-0.2, 0) is 0 Å². The van der Waals surface area contributed by atoms with Crippen LogP contribution in [0.2, 0.25) is 0 Å². The first-order chi connectivity index (χ1) is 10.3. The Balaban J connectivity index is 1.62. The molecule has 0 radical (unpaired) electrons. The summed E-state index contributed by atoms with van der Waals surface area (Å²) in [7, 11) is 1.74. The zero-order chi connectivity index (χ0) is 14.7. The summed E-state index contributed by atoms with van der Waals surface area (Å²) in [6, 6.07) is 8.78. The zero-order valence-corrected chi connectivity index (χ0v) is 13.4. The number of hydrogen-bond acceptors (Lipinski definition) is 1. The lowest BCUT2D eigenvalue weighted by Crippen LogP contribution is -2.30. The fourth-order valence-corrected chi connectivity index (χ4v) is 4.55. The Morgan fingerprint density at radius 3 is 2.38 bits per heavy atom. The van der Waals surface area contributed by atoms with Crippen LogP contribution < -0.4 is 4.74 Å². The van der Waals surface area contributed by atoms with Gasteiger partial charge in [0.2, 0.25) is 0 Å². The summed E-state index contributed by atoms with van der Waals surface area (Å²) >= 11 is 0.